The van der Waals surface area contributed by atoms with E-state index in [0.29, 0.717) is 0 Å². The summed E-state index contributed by atoms with van der Waals surface area (Å²) in [7, 11) is -4.75. The summed E-state index contributed by atoms with van der Waals surface area (Å²) in [5.41, 5.74) is 5.27. The second-order valence-corrected chi connectivity index (χ2v) is 6.27. The van der Waals surface area contributed by atoms with Crippen LogP contribution >= 0.6 is 7.82 Å². The molecule has 1 atom stereocenters. The average Bonchev–Trinajstić information content (AvgIpc) is 2.48. The van der Waals surface area contributed by atoms with E-state index in [0.717, 1.165) is 6.21 Å². The molecule has 1 heterocycles. The molecule has 0 unspecified atom stereocenters. The van der Waals surface area contributed by atoms with Gasteiger partial charge in [-0.1, -0.05) is 0 Å². The van der Waals surface area contributed by atoms with Crippen molar-refractivity contribution in [1.82, 2.24) is 4.98 Å². The molecule has 12 heteroatoms. The lowest BCUT2D eigenvalue weighted by Gasteiger charge is -2.11. The van der Waals surface area contributed by atoms with Gasteiger partial charge in [-0.2, -0.15) is 0 Å². The number of phosphoric acid groups is 1. The van der Waals surface area contributed by atoms with Crippen molar-refractivity contribution >= 4 is 25.9 Å². The minimum atomic E-state index is -4.75. The lowest BCUT2D eigenvalue weighted by molar-refractivity contribution is -0.138. The van der Waals surface area contributed by atoms with Crippen LogP contribution in [0.15, 0.2) is 11.2 Å². The molecule has 0 spiro atoms. The number of aliphatic carboxylic acids is 1. The van der Waals surface area contributed by atoms with E-state index < -0.39 is 32.3 Å². The molecule has 0 aliphatic heterocycles. The Labute approximate surface area is 142 Å². The number of nitrogens with zero attached hydrogens (tertiary/aromatic N) is 2. The van der Waals surface area contributed by atoms with Crippen LogP contribution < -0.4 is 5.73 Å². The van der Waals surface area contributed by atoms with Gasteiger partial charge < -0.3 is 25.7 Å². The van der Waals surface area contributed by atoms with Gasteiger partial charge in [-0.25, -0.2) is 9.36 Å². The van der Waals surface area contributed by atoms with Crippen LogP contribution in [-0.4, -0.2) is 49.1 Å². The number of aliphatic imine (C=N–C) groups is 1. The van der Waals surface area contributed by atoms with Crippen molar-refractivity contribution in [3.63, 3.8) is 0 Å². The first-order chi connectivity index (χ1) is 11.5. The summed E-state index contributed by atoms with van der Waals surface area (Å²) in [5.74, 6) is -2.31. The molecule has 0 saturated heterocycles. The molecule has 1 amide bonds. The maximum Gasteiger partial charge on any atom is 0.469 e. The average molecular weight is 375 g/mol. The van der Waals surface area contributed by atoms with Crippen molar-refractivity contribution in [2.75, 3.05) is 0 Å². The molecule has 0 aliphatic carbocycles. The number of pyridine rings is 1. The van der Waals surface area contributed by atoms with E-state index in [2.05, 4.69) is 14.5 Å². The summed E-state index contributed by atoms with van der Waals surface area (Å²) < 4.78 is 15.2. The standard InChI is InChI=1S/C13H18N3O8P/c1-7-12(18)9(8(4-15-7)6-24-25(21,22)23)5-16-10(13(19)20)2-3-11(14)17/h4-5,10,18H,2-3,6H2,1H3,(H2,14,17)(H,19,20)(H2,21,22,23)/t10-/m0/s1. The van der Waals surface area contributed by atoms with E-state index in [-0.39, 0.29) is 35.4 Å². The van der Waals surface area contributed by atoms with Crippen LogP contribution in [0.2, 0.25) is 0 Å². The summed E-state index contributed by atoms with van der Waals surface area (Å²) in [5, 5.41) is 19.2. The van der Waals surface area contributed by atoms with Crippen LogP contribution in [0.4, 0.5) is 0 Å². The van der Waals surface area contributed by atoms with Crippen LogP contribution in [-0.2, 0) is 25.3 Å². The van der Waals surface area contributed by atoms with E-state index in [1.54, 1.807) is 0 Å². The van der Waals surface area contributed by atoms with Crippen molar-refractivity contribution in [2.24, 2.45) is 10.7 Å². The fourth-order valence-electron chi connectivity index (χ4n) is 1.77. The van der Waals surface area contributed by atoms with Gasteiger partial charge in [-0.05, 0) is 13.3 Å². The molecular weight excluding hydrogens is 357 g/mol. The quantitative estimate of drug-likeness (QED) is 0.288. The third kappa shape index (κ3) is 6.98. The van der Waals surface area contributed by atoms with Gasteiger partial charge in [0, 0.05) is 30.0 Å². The van der Waals surface area contributed by atoms with Gasteiger partial charge in [0.15, 0.2) is 0 Å². The van der Waals surface area contributed by atoms with E-state index in [9.17, 15) is 19.3 Å². The van der Waals surface area contributed by atoms with E-state index in [4.69, 9.17) is 20.6 Å². The van der Waals surface area contributed by atoms with Gasteiger partial charge in [0.05, 0.1) is 12.3 Å². The molecule has 6 N–H and O–H groups in total. The Bertz CT molecular complexity index is 730. The number of primary amides is 1. The zero-order valence-electron chi connectivity index (χ0n) is 13.2. The number of hydrogen-bond acceptors (Lipinski definition) is 7. The van der Waals surface area contributed by atoms with Crippen molar-refractivity contribution in [1.29, 1.82) is 0 Å². The molecule has 0 bridgehead atoms. The third-order valence-corrected chi connectivity index (χ3v) is 3.54. The van der Waals surface area contributed by atoms with Crippen molar-refractivity contribution in [3.05, 3.63) is 23.0 Å². The fraction of sp³-hybridized carbons (Fsp3) is 0.385. The Morgan fingerprint density at radius 3 is 2.64 bits per heavy atom. The van der Waals surface area contributed by atoms with Gasteiger partial charge in [0.1, 0.15) is 11.8 Å². The van der Waals surface area contributed by atoms with Crippen LogP contribution in [0.25, 0.3) is 0 Å². The molecule has 0 aromatic carbocycles. The Hall–Kier alpha value is -2.33. The van der Waals surface area contributed by atoms with Gasteiger partial charge in [-0.15, -0.1) is 0 Å². The number of amides is 1. The molecule has 0 saturated carbocycles. The van der Waals surface area contributed by atoms with Gasteiger partial charge >= 0.3 is 13.8 Å². The highest BCUT2D eigenvalue weighted by Gasteiger charge is 2.19. The minimum Gasteiger partial charge on any atom is -0.505 e. The SMILES string of the molecule is Cc1ncc(COP(=O)(O)O)c(C=N[C@@H](CCC(N)=O)C(=O)O)c1O. The zero-order valence-corrected chi connectivity index (χ0v) is 14.1. The van der Waals surface area contributed by atoms with Crippen LogP contribution in [0.1, 0.15) is 29.7 Å². The minimum absolute atomic E-state index is 0.00581. The number of nitrogens with two attached hydrogens (primary N) is 1. The Balaban J connectivity index is 3.11. The van der Waals surface area contributed by atoms with Gasteiger partial charge in [-0.3, -0.25) is 19.3 Å². The summed E-state index contributed by atoms with van der Waals surface area (Å²) in [6.07, 6.45) is 1.91. The summed E-state index contributed by atoms with van der Waals surface area (Å²) in [6.45, 7) is 0.896. The summed E-state index contributed by atoms with van der Waals surface area (Å²) >= 11 is 0. The fourth-order valence-corrected chi connectivity index (χ4v) is 2.08. The number of phosphoric ester groups is 1. The number of carboxylic acid groups (broad SMARTS) is 1. The molecule has 25 heavy (non-hydrogen) atoms. The highest BCUT2D eigenvalue weighted by molar-refractivity contribution is 7.46. The van der Waals surface area contributed by atoms with E-state index in [1.807, 2.05) is 0 Å². The molecule has 0 fully saturated rings. The first kappa shape index (κ1) is 20.7. The number of aromatic nitrogens is 1. The van der Waals surface area contributed by atoms with Crippen LogP contribution in [0.5, 0.6) is 5.75 Å². The normalized spacial score (nSPS) is 13.1. The second-order valence-electron chi connectivity index (χ2n) is 5.03. The lowest BCUT2D eigenvalue weighted by atomic mass is 10.1. The number of carbonyl (C=O) groups is 2. The van der Waals surface area contributed by atoms with Crippen LogP contribution in [0.3, 0.4) is 0 Å². The van der Waals surface area contributed by atoms with E-state index in [1.165, 1.54) is 13.1 Å². The maximum absolute atomic E-state index is 11.2. The molecule has 1 aromatic rings. The molecule has 11 nitrogen and oxygen atoms in total. The highest BCUT2D eigenvalue weighted by atomic mass is 31.2. The van der Waals surface area contributed by atoms with Crippen molar-refractivity contribution in [2.45, 2.75) is 32.4 Å². The maximum atomic E-state index is 11.2. The number of carbonyl (C=O) groups excluding carboxylic acids is 1. The van der Waals surface area contributed by atoms with Gasteiger partial charge in [0.25, 0.3) is 0 Å². The van der Waals surface area contributed by atoms with Crippen molar-refractivity contribution < 1.29 is 38.7 Å². The Morgan fingerprint density at radius 2 is 2.12 bits per heavy atom. The highest BCUT2D eigenvalue weighted by Crippen LogP contribution is 2.37. The monoisotopic (exact) mass is 375 g/mol. The number of carboxylic acids is 1. The molecular formula is C13H18N3O8P. The third-order valence-electron chi connectivity index (χ3n) is 3.08. The molecule has 1 aromatic heterocycles. The molecule has 138 valence electrons. The molecule has 1 rings (SSSR count). The largest absolute Gasteiger partial charge is 0.505 e. The lowest BCUT2D eigenvalue weighted by Crippen LogP contribution is -2.21. The van der Waals surface area contributed by atoms with Crippen molar-refractivity contribution in [3.8, 4) is 5.75 Å². The summed E-state index contributed by atoms with van der Waals surface area (Å²) in [6, 6.07) is -1.28. The summed E-state index contributed by atoms with van der Waals surface area (Å²) in [4.78, 5) is 47.1. The Morgan fingerprint density at radius 1 is 1.48 bits per heavy atom. The first-order valence-electron chi connectivity index (χ1n) is 6.93. The molecule has 0 radical (unpaired) electrons. The Kier molecular flexibility index (Phi) is 7.19. The molecule has 0 aliphatic rings. The smallest absolute Gasteiger partial charge is 0.469 e. The van der Waals surface area contributed by atoms with E-state index >= 15 is 0 Å². The number of aryl methyl sites for hydroxylation is 1. The number of aromatic hydroxyl groups is 1. The number of hydrogen-bond donors (Lipinski definition) is 5. The predicted molar refractivity (Wildman–Crippen MR) is 84.9 cm³/mol. The topological polar surface area (TPSA) is 193 Å². The second kappa shape index (κ2) is 8.67. The van der Waals surface area contributed by atoms with Gasteiger partial charge in [0.2, 0.25) is 5.91 Å². The zero-order chi connectivity index (χ0) is 19.2. The number of rotatable bonds is 9. The van der Waals surface area contributed by atoms with Crippen LogP contribution in [0, 0.1) is 6.92 Å². The first-order valence-corrected chi connectivity index (χ1v) is 8.46. The predicted octanol–water partition coefficient (Wildman–Crippen LogP) is -0.157.